The maximum absolute atomic E-state index is 11.0. The van der Waals surface area contributed by atoms with Crippen LogP contribution in [-0.4, -0.2) is 25.3 Å². The van der Waals surface area contributed by atoms with Crippen molar-refractivity contribution in [3.05, 3.63) is 48.0 Å². The lowest BCUT2D eigenvalue weighted by Gasteiger charge is -2.33. The first kappa shape index (κ1) is 15.8. The SMILES string of the molecule is CCc1cccc2c1Oc1ccccc1N2CCCS(=O)(=O)O. The molecule has 0 atom stereocenters. The molecule has 0 bridgehead atoms. The molecule has 6 heteroatoms. The average molecular weight is 333 g/mol. The minimum Gasteiger partial charge on any atom is -0.453 e. The largest absolute Gasteiger partial charge is 0.453 e. The summed E-state index contributed by atoms with van der Waals surface area (Å²) in [7, 11) is -3.95. The molecule has 1 heterocycles. The number of hydrogen-bond donors (Lipinski definition) is 1. The summed E-state index contributed by atoms with van der Waals surface area (Å²) >= 11 is 0. The topological polar surface area (TPSA) is 66.8 Å². The van der Waals surface area contributed by atoms with Crippen LogP contribution in [0.25, 0.3) is 0 Å². The van der Waals surface area contributed by atoms with E-state index in [1.54, 1.807) is 0 Å². The smallest absolute Gasteiger partial charge is 0.264 e. The molecule has 0 saturated heterocycles. The highest BCUT2D eigenvalue weighted by atomic mass is 32.2. The number of rotatable bonds is 5. The van der Waals surface area contributed by atoms with E-state index < -0.39 is 10.1 Å². The van der Waals surface area contributed by atoms with Gasteiger partial charge in [0.05, 0.1) is 17.1 Å². The predicted molar refractivity (Wildman–Crippen MR) is 90.4 cm³/mol. The van der Waals surface area contributed by atoms with Crippen molar-refractivity contribution in [1.29, 1.82) is 0 Å². The Bertz CT molecular complexity index is 817. The molecule has 0 saturated carbocycles. The van der Waals surface area contributed by atoms with Gasteiger partial charge in [0.25, 0.3) is 10.1 Å². The lowest BCUT2D eigenvalue weighted by atomic mass is 10.1. The van der Waals surface area contributed by atoms with Gasteiger partial charge < -0.3 is 9.64 Å². The van der Waals surface area contributed by atoms with Crippen LogP contribution >= 0.6 is 0 Å². The Morgan fingerprint density at radius 1 is 1.09 bits per heavy atom. The Morgan fingerprint density at radius 3 is 2.57 bits per heavy atom. The number of para-hydroxylation sites is 3. The van der Waals surface area contributed by atoms with Crippen LogP contribution in [0.2, 0.25) is 0 Å². The number of ether oxygens (including phenoxy) is 1. The summed E-state index contributed by atoms with van der Waals surface area (Å²) < 4.78 is 37.0. The summed E-state index contributed by atoms with van der Waals surface area (Å²) in [5, 5.41) is 0. The zero-order valence-electron chi connectivity index (χ0n) is 12.9. The van der Waals surface area contributed by atoms with Gasteiger partial charge in [-0.05, 0) is 36.6 Å². The molecular formula is C17H19NO4S. The van der Waals surface area contributed by atoms with Crippen molar-refractivity contribution in [2.24, 2.45) is 0 Å². The first-order valence-electron chi connectivity index (χ1n) is 7.61. The molecule has 2 aromatic carbocycles. The van der Waals surface area contributed by atoms with Crippen LogP contribution in [0.5, 0.6) is 11.5 Å². The van der Waals surface area contributed by atoms with Crippen LogP contribution in [0.3, 0.4) is 0 Å². The predicted octanol–water partition coefficient (Wildman–Crippen LogP) is 3.77. The van der Waals surface area contributed by atoms with Crippen LogP contribution in [0, 0.1) is 0 Å². The third-order valence-corrected chi connectivity index (χ3v) is 4.70. The highest BCUT2D eigenvalue weighted by Gasteiger charge is 2.25. The van der Waals surface area contributed by atoms with E-state index in [4.69, 9.17) is 9.29 Å². The van der Waals surface area contributed by atoms with Gasteiger partial charge in [-0.2, -0.15) is 8.42 Å². The number of hydrogen-bond acceptors (Lipinski definition) is 4. The third kappa shape index (κ3) is 3.33. The van der Waals surface area contributed by atoms with E-state index in [0.29, 0.717) is 13.0 Å². The third-order valence-electron chi connectivity index (χ3n) is 3.90. The molecule has 2 aromatic rings. The molecule has 0 radical (unpaired) electrons. The molecule has 5 nitrogen and oxygen atoms in total. The molecule has 1 aliphatic heterocycles. The average Bonchev–Trinajstić information content (AvgIpc) is 2.52. The van der Waals surface area contributed by atoms with Gasteiger partial charge in [-0.3, -0.25) is 4.55 Å². The first-order valence-corrected chi connectivity index (χ1v) is 9.22. The van der Waals surface area contributed by atoms with Crippen molar-refractivity contribution in [1.82, 2.24) is 0 Å². The lowest BCUT2D eigenvalue weighted by molar-refractivity contribution is 0.466. The van der Waals surface area contributed by atoms with E-state index in [-0.39, 0.29) is 5.75 Å². The highest BCUT2D eigenvalue weighted by molar-refractivity contribution is 7.85. The van der Waals surface area contributed by atoms with Gasteiger partial charge in [0.1, 0.15) is 0 Å². The van der Waals surface area contributed by atoms with Gasteiger partial charge in [0, 0.05) is 6.54 Å². The van der Waals surface area contributed by atoms with Crippen LogP contribution in [0.4, 0.5) is 11.4 Å². The number of nitrogens with zero attached hydrogens (tertiary/aromatic N) is 1. The molecule has 23 heavy (non-hydrogen) atoms. The lowest BCUT2D eigenvalue weighted by Crippen LogP contribution is -2.24. The fraction of sp³-hybridized carbons (Fsp3) is 0.294. The van der Waals surface area contributed by atoms with E-state index in [2.05, 4.69) is 11.8 Å². The molecule has 1 aliphatic rings. The second-order valence-corrected chi connectivity index (χ2v) is 7.05. The van der Waals surface area contributed by atoms with Crippen LogP contribution in [-0.2, 0) is 16.5 Å². The fourth-order valence-electron chi connectivity index (χ4n) is 2.83. The monoisotopic (exact) mass is 333 g/mol. The number of aryl methyl sites for hydroxylation is 1. The summed E-state index contributed by atoms with van der Waals surface area (Å²) in [4.78, 5) is 2.05. The Kier molecular flexibility index (Phi) is 4.28. The summed E-state index contributed by atoms with van der Waals surface area (Å²) in [5.41, 5.74) is 2.94. The molecule has 122 valence electrons. The van der Waals surface area contributed by atoms with Crippen LogP contribution in [0.15, 0.2) is 42.5 Å². The first-order chi connectivity index (χ1) is 11.0. The fourth-order valence-corrected chi connectivity index (χ4v) is 3.33. The Morgan fingerprint density at radius 2 is 1.83 bits per heavy atom. The van der Waals surface area contributed by atoms with Gasteiger partial charge in [-0.25, -0.2) is 0 Å². The van der Waals surface area contributed by atoms with Crippen LogP contribution < -0.4 is 9.64 Å². The van der Waals surface area contributed by atoms with E-state index in [1.807, 2.05) is 42.5 Å². The molecule has 0 fully saturated rings. The molecule has 0 unspecified atom stereocenters. The summed E-state index contributed by atoms with van der Waals surface area (Å²) in [6.45, 7) is 2.56. The number of benzene rings is 2. The zero-order chi connectivity index (χ0) is 16.4. The van der Waals surface area contributed by atoms with Crippen molar-refractivity contribution in [2.75, 3.05) is 17.2 Å². The summed E-state index contributed by atoms with van der Waals surface area (Å²) in [5.74, 6) is 1.32. The number of anilines is 2. The maximum Gasteiger partial charge on any atom is 0.264 e. The zero-order valence-corrected chi connectivity index (χ0v) is 13.7. The maximum atomic E-state index is 11.0. The van der Waals surface area contributed by atoms with Gasteiger partial charge in [0.2, 0.25) is 0 Å². The van der Waals surface area contributed by atoms with E-state index in [1.165, 1.54) is 0 Å². The molecule has 0 aromatic heterocycles. The Labute approximate surface area is 136 Å². The van der Waals surface area contributed by atoms with E-state index >= 15 is 0 Å². The van der Waals surface area contributed by atoms with Crippen molar-refractivity contribution in [3.8, 4) is 11.5 Å². The van der Waals surface area contributed by atoms with Crippen molar-refractivity contribution in [3.63, 3.8) is 0 Å². The Hall–Kier alpha value is -2.05. The summed E-state index contributed by atoms with van der Waals surface area (Å²) in [6, 6.07) is 13.7. The second kappa shape index (κ2) is 6.22. The van der Waals surface area contributed by atoms with Crippen molar-refractivity contribution < 1.29 is 17.7 Å². The molecular weight excluding hydrogens is 314 g/mol. The minimum atomic E-state index is -3.95. The molecule has 0 amide bonds. The summed E-state index contributed by atoms with van der Waals surface area (Å²) in [6.07, 6.45) is 1.19. The second-order valence-electron chi connectivity index (χ2n) is 5.48. The molecule has 0 spiro atoms. The molecule has 0 aliphatic carbocycles. The van der Waals surface area contributed by atoms with Gasteiger partial charge >= 0.3 is 0 Å². The molecule has 3 rings (SSSR count). The van der Waals surface area contributed by atoms with Gasteiger partial charge in [-0.1, -0.05) is 31.2 Å². The molecule has 1 N–H and O–H groups in total. The van der Waals surface area contributed by atoms with Crippen LogP contribution in [0.1, 0.15) is 18.9 Å². The van der Waals surface area contributed by atoms with E-state index in [9.17, 15) is 8.42 Å². The number of fused-ring (bicyclic) bond motifs is 2. The normalized spacial score (nSPS) is 13.2. The van der Waals surface area contributed by atoms with E-state index in [0.717, 1.165) is 34.9 Å². The quantitative estimate of drug-likeness (QED) is 0.844. The van der Waals surface area contributed by atoms with Gasteiger partial charge in [-0.15, -0.1) is 0 Å². The van der Waals surface area contributed by atoms with Crippen molar-refractivity contribution in [2.45, 2.75) is 19.8 Å². The standard InChI is InChI=1S/C17H19NO4S/c1-2-13-7-5-9-15-17(13)22-16-10-4-3-8-14(16)18(15)11-6-12-23(19,20)21/h3-5,7-10H,2,6,11-12H2,1H3,(H,19,20,21). The van der Waals surface area contributed by atoms with Crippen molar-refractivity contribution >= 4 is 21.5 Å². The highest BCUT2D eigenvalue weighted by Crippen LogP contribution is 2.48. The van der Waals surface area contributed by atoms with Gasteiger partial charge in [0.15, 0.2) is 11.5 Å². The minimum absolute atomic E-state index is 0.255. The Balaban J connectivity index is 1.98.